The minimum Gasteiger partial charge on any atom is -0.327 e. The quantitative estimate of drug-likeness (QED) is 0.873. The molecule has 0 amide bonds. The van der Waals surface area contributed by atoms with Crippen molar-refractivity contribution in [2.75, 3.05) is 5.75 Å². The summed E-state index contributed by atoms with van der Waals surface area (Å²) in [5.41, 5.74) is 5.32. The largest absolute Gasteiger partial charge is 0.327 e. The summed E-state index contributed by atoms with van der Waals surface area (Å²) in [7, 11) is -3.46. The molecule has 1 aromatic carbocycles. The third-order valence-electron chi connectivity index (χ3n) is 1.91. The molecule has 0 radical (unpaired) electrons. The molecule has 6 heteroatoms. The SMILES string of the molecule is CC(N)CS(=O)(=O)Cc1ccc(F)cc1F. The number of sulfone groups is 1. The molecular formula is C10H13F2NO2S. The average molecular weight is 249 g/mol. The molecule has 90 valence electrons. The summed E-state index contributed by atoms with van der Waals surface area (Å²) >= 11 is 0. The van der Waals surface area contributed by atoms with Crippen molar-refractivity contribution in [3.05, 3.63) is 35.4 Å². The van der Waals surface area contributed by atoms with Gasteiger partial charge < -0.3 is 5.73 Å². The Bertz CT molecular complexity index is 472. The van der Waals surface area contributed by atoms with Crippen molar-refractivity contribution in [1.82, 2.24) is 0 Å². The van der Waals surface area contributed by atoms with Gasteiger partial charge in [0.05, 0.1) is 11.5 Å². The van der Waals surface area contributed by atoms with E-state index in [0.29, 0.717) is 6.07 Å². The van der Waals surface area contributed by atoms with Gasteiger partial charge in [0.2, 0.25) is 0 Å². The normalized spacial score (nSPS) is 13.8. The van der Waals surface area contributed by atoms with Gasteiger partial charge in [0.15, 0.2) is 9.84 Å². The fraction of sp³-hybridized carbons (Fsp3) is 0.400. The van der Waals surface area contributed by atoms with Crippen molar-refractivity contribution in [1.29, 1.82) is 0 Å². The van der Waals surface area contributed by atoms with Crippen LogP contribution < -0.4 is 5.73 Å². The van der Waals surface area contributed by atoms with Crippen molar-refractivity contribution in [3.63, 3.8) is 0 Å². The lowest BCUT2D eigenvalue weighted by Gasteiger charge is -2.07. The summed E-state index contributed by atoms with van der Waals surface area (Å²) in [6.07, 6.45) is 0. The number of hydrogen-bond donors (Lipinski definition) is 1. The number of nitrogens with two attached hydrogens (primary N) is 1. The molecular weight excluding hydrogens is 236 g/mol. The van der Waals surface area contributed by atoms with Gasteiger partial charge in [-0.15, -0.1) is 0 Å². The molecule has 1 aromatic rings. The maximum atomic E-state index is 13.2. The van der Waals surface area contributed by atoms with Crippen LogP contribution in [0.5, 0.6) is 0 Å². The molecule has 1 unspecified atom stereocenters. The fourth-order valence-corrected chi connectivity index (χ4v) is 2.96. The van der Waals surface area contributed by atoms with Crippen molar-refractivity contribution in [2.24, 2.45) is 5.73 Å². The first kappa shape index (κ1) is 13.1. The van der Waals surface area contributed by atoms with Crippen molar-refractivity contribution < 1.29 is 17.2 Å². The molecule has 0 saturated carbocycles. The molecule has 3 nitrogen and oxygen atoms in total. The molecule has 0 saturated heterocycles. The maximum Gasteiger partial charge on any atom is 0.156 e. The standard InChI is InChI=1S/C10H13F2NO2S/c1-7(13)5-16(14,15)6-8-2-3-9(11)4-10(8)12/h2-4,7H,5-6,13H2,1H3. The molecule has 1 rings (SSSR count). The summed E-state index contributed by atoms with van der Waals surface area (Å²) in [5, 5.41) is 0. The minimum absolute atomic E-state index is 0.0398. The van der Waals surface area contributed by atoms with E-state index in [9.17, 15) is 17.2 Å². The van der Waals surface area contributed by atoms with Crippen LogP contribution in [-0.2, 0) is 15.6 Å². The number of benzene rings is 1. The van der Waals surface area contributed by atoms with E-state index in [2.05, 4.69) is 0 Å². The summed E-state index contributed by atoms with van der Waals surface area (Å²) < 4.78 is 48.8. The van der Waals surface area contributed by atoms with Crippen LogP contribution in [0.25, 0.3) is 0 Å². The molecule has 0 bridgehead atoms. The van der Waals surface area contributed by atoms with Gasteiger partial charge in [0.25, 0.3) is 0 Å². The number of hydrogen-bond acceptors (Lipinski definition) is 3. The molecule has 0 fully saturated rings. The van der Waals surface area contributed by atoms with Crippen LogP contribution in [0.4, 0.5) is 8.78 Å². The van der Waals surface area contributed by atoms with Crippen LogP contribution in [0, 0.1) is 11.6 Å². The van der Waals surface area contributed by atoms with Crippen LogP contribution in [0.3, 0.4) is 0 Å². The van der Waals surface area contributed by atoms with Gasteiger partial charge in [-0.1, -0.05) is 6.07 Å². The lowest BCUT2D eigenvalue weighted by Crippen LogP contribution is -2.27. The minimum atomic E-state index is -3.46. The second kappa shape index (κ2) is 4.88. The van der Waals surface area contributed by atoms with Crippen LogP contribution >= 0.6 is 0 Å². The van der Waals surface area contributed by atoms with Crippen molar-refractivity contribution >= 4 is 9.84 Å². The van der Waals surface area contributed by atoms with Gasteiger partial charge in [0.1, 0.15) is 11.6 Å². The number of rotatable bonds is 4. The van der Waals surface area contributed by atoms with Gasteiger partial charge in [-0.3, -0.25) is 0 Å². The fourth-order valence-electron chi connectivity index (χ4n) is 1.34. The van der Waals surface area contributed by atoms with Crippen LogP contribution in [0.1, 0.15) is 12.5 Å². The second-order valence-corrected chi connectivity index (χ2v) is 5.88. The third-order valence-corrected chi connectivity index (χ3v) is 3.69. The predicted molar refractivity (Wildman–Crippen MR) is 57.5 cm³/mol. The Kier molecular flexibility index (Phi) is 3.98. The zero-order chi connectivity index (χ0) is 12.3. The lowest BCUT2D eigenvalue weighted by atomic mass is 10.2. The Hall–Kier alpha value is -1.01. The molecule has 0 aliphatic carbocycles. The molecule has 0 aliphatic rings. The first-order valence-corrected chi connectivity index (χ1v) is 6.52. The Morgan fingerprint density at radius 1 is 1.38 bits per heavy atom. The predicted octanol–water partition coefficient (Wildman–Crippen LogP) is 1.23. The highest BCUT2D eigenvalue weighted by Gasteiger charge is 2.17. The first-order chi connectivity index (χ1) is 7.30. The monoisotopic (exact) mass is 249 g/mol. The zero-order valence-electron chi connectivity index (χ0n) is 8.78. The maximum absolute atomic E-state index is 13.2. The van der Waals surface area contributed by atoms with E-state index in [1.807, 2.05) is 0 Å². The highest BCUT2D eigenvalue weighted by atomic mass is 32.2. The van der Waals surface area contributed by atoms with Gasteiger partial charge in [-0.2, -0.15) is 0 Å². The summed E-state index contributed by atoms with van der Waals surface area (Å²) in [6, 6.07) is 2.31. The summed E-state index contributed by atoms with van der Waals surface area (Å²) in [5.74, 6) is -2.26. The molecule has 2 N–H and O–H groups in total. The zero-order valence-corrected chi connectivity index (χ0v) is 9.60. The molecule has 0 heterocycles. The van der Waals surface area contributed by atoms with Crippen molar-refractivity contribution in [2.45, 2.75) is 18.7 Å². The second-order valence-electron chi connectivity index (χ2n) is 3.77. The van der Waals surface area contributed by atoms with E-state index in [1.54, 1.807) is 6.92 Å². The van der Waals surface area contributed by atoms with E-state index in [0.717, 1.165) is 12.1 Å². The highest BCUT2D eigenvalue weighted by molar-refractivity contribution is 7.90. The van der Waals surface area contributed by atoms with Crippen molar-refractivity contribution in [3.8, 4) is 0 Å². The Morgan fingerprint density at radius 2 is 2.00 bits per heavy atom. The first-order valence-electron chi connectivity index (χ1n) is 4.70. The van der Waals surface area contributed by atoms with E-state index in [1.165, 1.54) is 0 Å². The van der Waals surface area contributed by atoms with Gasteiger partial charge in [0, 0.05) is 17.7 Å². The number of halogens is 2. The van der Waals surface area contributed by atoms with E-state index in [-0.39, 0.29) is 11.3 Å². The van der Waals surface area contributed by atoms with E-state index in [4.69, 9.17) is 5.73 Å². The van der Waals surface area contributed by atoms with E-state index < -0.39 is 33.3 Å². The van der Waals surface area contributed by atoms with Gasteiger partial charge in [-0.25, -0.2) is 17.2 Å². The topological polar surface area (TPSA) is 60.2 Å². The average Bonchev–Trinajstić information content (AvgIpc) is 2.07. The summed E-state index contributed by atoms with van der Waals surface area (Å²) in [4.78, 5) is 0. The smallest absolute Gasteiger partial charge is 0.156 e. The van der Waals surface area contributed by atoms with Gasteiger partial charge >= 0.3 is 0 Å². The summed E-state index contributed by atoms with van der Waals surface area (Å²) in [6.45, 7) is 1.55. The van der Waals surface area contributed by atoms with Crippen LogP contribution in [0.15, 0.2) is 18.2 Å². The third kappa shape index (κ3) is 3.86. The molecule has 0 aliphatic heterocycles. The molecule has 0 aromatic heterocycles. The Balaban J connectivity index is 2.88. The molecule has 0 spiro atoms. The molecule has 16 heavy (non-hydrogen) atoms. The molecule has 1 atom stereocenters. The van der Waals surface area contributed by atoms with E-state index >= 15 is 0 Å². The Labute approximate surface area is 93.2 Å². The van der Waals surface area contributed by atoms with Crippen LogP contribution in [0.2, 0.25) is 0 Å². The highest BCUT2D eigenvalue weighted by Crippen LogP contribution is 2.13. The van der Waals surface area contributed by atoms with Gasteiger partial charge in [-0.05, 0) is 13.0 Å². The lowest BCUT2D eigenvalue weighted by molar-refractivity contribution is 0.567. The van der Waals surface area contributed by atoms with Crippen LogP contribution in [-0.4, -0.2) is 20.2 Å². The Morgan fingerprint density at radius 3 is 2.50 bits per heavy atom.